The van der Waals surface area contributed by atoms with E-state index in [0.717, 1.165) is 28.3 Å². The van der Waals surface area contributed by atoms with E-state index >= 15 is 0 Å². The highest BCUT2D eigenvalue weighted by molar-refractivity contribution is 6.12. The van der Waals surface area contributed by atoms with E-state index in [1.165, 1.54) is 43.6 Å². The van der Waals surface area contributed by atoms with Crippen LogP contribution in [0.15, 0.2) is 128 Å². The lowest BCUT2D eigenvalue weighted by Crippen LogP contribution is -1.96. The second-order valence-corrected chi connectivity index (χ2v) is 9.96. The predicted molar refractivity (Wildman–Crippen MR) is 161 cm³/mol. The van der Waals surface area contributed by atoms with Crippen LogP contribution >= 0.6 is 0 Å². The summed E-state index contributed by atoms with van der Waals surface area (Å²) in [6.07, 6.45) is 3.48. The van der Waals surface area contributed by atoms with Crippen LogP contribution in [0.25, 0.3) is 66.2 Å². The zero-order valence-corrected chi connectivity index (χ0v) is 21.4. The molecule has 0 aliphatic heterocycles. The molecule has 39 heavy (non-hydrogen) atoms. The Balaban J connectivity index is 1.35. The van der Waals surface area contributed by atoms with Crippen LogP contribution in [0.4, 0.5) is 0 Å². The molecule has 0 bridgehead atoms. The molecular formula is C35H24N4. The maximum absolute atomic E-state index is 4.55. The highest BCUT2D eigenvalue weighted by atomic mass is 15.0. The zero-order chi connectivity index (χ0) is 25.9. The number of nitrogens with zero attached hydrogens (tertiary/aromatic N) is 4. The molecule has 0 radical (unpaired) electrons. The number of hydrogen-bond acceptors (Lipinski definition) is 2. The van der Waals surface area contributed by atoms with Gasteiger partial charge in [-0.1, -0.05) is 66.7 Å². The molecule has 4 nitrogen and oxygen atoms in total. The van der Waals surface area contributed by atoms with E-state index in [0.29, 0.717) is 0 Å². The van der Waals surface area contributed by atoms with Gasteiger partial charge in [-0.15, -0.1) is 0 Å². The third-order valence-electron chi connectivity index (χ3n) is 7.77. The van der Waals surface area contributed by atoms with E-state index in [1.54, 1.807) is 12.4 Å². The topological polar surface area (TPSA) is 35.6 Å². The molecule has 0 aliphatic rings. The first-order valence-electron chi connectivity index (χ1n) is 13.2. The van der Waals surface area contributed by atoms with Gasteiger partial charge >= 0.3 is 0 Å². The van der Waals surface area contributed by atoms with Crippen molar-refractivity contribution < 1.29 is 0 Å². The molecule has 0 saturated heterocycles. The lowest BCUT2D eigenvalue weighted by Gasteiger charge is -2.11. The fourth-order valence-electron chi connectivity index (χ4n) is 6.04. The minimum atomic E-state index is 0.919. The number of aromatic nitrogens is 4. The maximum atomic E-state index is 4.55. The normalized spacial score (nSPS) is 11.7. The maximum Gasteiger partial charge on any atom is 0.0914 e. The summed E-state index contributed by atoms with van der Waals surface area (Å²) in [6, 6.07) is 41.5. The fourth-order valence-corrected chi connectivity index (χ4v) is 6.04. The molecule has 5 aromatic carbocycles. The van der Waals surface area contributed by atoms with Crippen LogP contribution in [-0.2, 0) is 0 Å². The van der Waals surface area contributed by atoms with Gasteiger partial charge < -0.3 is 9.13 Å². The first-order chi connectivity index (χ1) is 19.3. The number of para-hydroxylation sites is 3. The second-order valence-electron chi connectivity index (χ2n) is 9.96. The highest BCUT2D eigenvalue weighted by Gasteiger charge is 2.16. The molecule has 184 valence electrons. The molecule has 0 fully saturated rings. The van der Waals surface area contributed by atoms with E-state index in [9.17, 15) is 0 Å². The van der Waals surface area contributed by atoms with Crippen LogP contribution in [0.2, 0.25) is 0 Å². The molecule has 3 heterocycles. The van der Waals surface area contributed by atoms with Gasteiger partial charge in [-0.2, -0.15) is 0 Å². The Morgan fingerprint density at radius 3 is 1.56 bits per heavy atom. The molecule has 0 saturated carbocycles. The number of rotatable bonds is 3. The number of benzene rings is 5. The predicted octanol–water partition coefficient (Wildman–Crippen LogP) is 8.65. The Morgan fingerprint density at radius 1 is 0.462 bits per heavy atom. The van der Waals surface area contributed by atoms with Crippen LogP contribution < -0.4 is 0 Å². The van der Waals surface area contributed by atoms with Crippen molar-refractivity contribution in [2.24, 2.45) is 0 Å². The monoisotopic (exact) mass is 500 g/mol. The summed E-state index contributed by atoms with van der Waals surface area (Å²) in [5.74, 6) is 0. The van der Waals surface area contributed by atoms with Crippen molar-refractivity contribution in [3.8, 4) is 22.6 Å². The lowest BCUT2D eigenvalue weighted by atomic mass is 10.1. The molecule has 0 spiro atoms. The van der Waals surface area contributed by atoms with Gasteiger partial charge in [0.25, 0.3) is 0 Å². The van der Waals surface area contributed by atoms with Crippen molar-refractivity contribution in [2.75, 3.05) is 0 Å². The van der Waals surface area contributed by atoms with Gasteiger partial charge in [0, 0.05) is 50.9 Å². The number of hydrogen-bond donors (Lipinski definition) is 0. The summed E-state index contributed by atoms with van der Waals surface area (Å²) in [5.41, 5.74) is 10.0. The Kier molecular flexibility index (Phi) is 4.70. The SMILES string of the molecule is Cc1nccnc1-c1ccc(-n2c3ccccc3c3cc(-n4c5ccccc5c5ccccc54)ccc32)cc1. The lowest BCUT2D eigenvalue weighted by molar-refractivity contribution is 1.12. The van der Waals surface area contributed by atoms with Crippen molar-refractivity contribution in [1.82, 2.24) is 19.1 Å². The zero-order valence-electron chi connectivity index (χ0n) is 21.4. The first kappa shape index (κ1) is 21.8. The molecule has 4 heteroatoms. The van der Waals surface area contributed by atoms with Gasteiger partial charge in [0.05, 0.1) is 33.5 Å². The van der Waals surface area contributed by atoms with Crippen molar-refractivity contribution in [2.45, 2.75) is 6.92 Å². The van der Waals surface area contributed by atoms with Gasteiger partial charge in [-0.3, -0.25) is 9.97 Å². The van der Waals surface area contributed by atoms with Crippen molar-refractivity contribution in [1.29, 1.82) is 0 Å². The molecule has 3 aromatic heterocycles. The highest BCUT2D eigenvalue weighted by Crippen LogP contribution is 2.37. The average molecular weight is 501 g/mol. The molecule has 0 aliphatic carbocycles. The smallest absolute Gasteiger partial charge is 0.0914 e. The van der Waals surface area contributed by atoms with Gasteiger partial charge in [-0.25, -0.2) is 0 Å². The van der Waals surface area contributed by atoms with Crippen molar-refractivity contribution >= 4 is 43.6 Å². The molecular weight excluding hydrogens is 476 g/mol. The Labute approximate surface area is 225 Å². The summed E-state index contributed by atoms with van der Waals surface area (Å²) < 4.78 is 4.74. The molecule has 0 N–H and O–H groups in total. The van der Waals surface area contributed by atoms with Gasteiger partial charge in [-0.05, 0) is 55.5 Å². The van der Waals surface area contributed by atoms with Gasteiger partial charge in [0.15, 0.2) is 0 Å². The summed E-state index contributed by atoms with van der Waals surface area (Å²) in [7, 11) is 0. The average Bonchev–Trinajstić information content (AvgIpc) is 3.50. The first-order valence-corrected chi connectivity index (χ1v) is 13.2. The van der Waals surface area contributed by atoms with Crippen LogP contribution in [0.1, 0.15) is 5.69 Å². The van der Waals surface area contributed by atoms with Crippen LogP contribution in [0.5, 0.6) is 0 Å². The number of aryl methyl sites for hydroxylation is 1. The van der Waals surface area contributed by atoms with E-state index < -0.39 is 0 Å². The summed E-state index contributed by atoms with van der Waals surface area (Å²) in [4.78, 5) is 8.95. The fraction of sp³-hybridized carbons (Fsp3) is 0.0286. The third-order valence-corrected chi connectivity index (χ3v) is 7.77. The van der Waals surface area contributed by atoms with Gasteiger partial charge in [0.2, 0.25) is 0 Å². The Hall–Kier alpha value is -5.22. The van der Waals surface area contributed by atoms with E-state index in [4.69, 9.17) is 0 Å². The summed E-state index contributed by atoms with van der Waals surface area (Å²) >= 11 is 0. The molecule has 8 rings (SSSR count). The van der Waals surface area contributed by atoms with Crippen LogP contribution in [0.3, 0.4) is 0 Å². The van der Waals surface area contributed by atoms with Crippen molar-refractivity contribution in [3.05, 3.63) is 133 Å². The third kappa shape index (κ3) is 3.25. The summed E-state index contributed by atoms with van der Waals surface area (Å²) in [5, 5.41) is 5.02. The standard InChI is InChI=1S/C35H24N4/c1-23-35(37-21-20-36-23)24-14-16-25(17-15-24)38-33-13-7-4-10-29(33)30-22-26(18-19-34(30)38)39-31-11-5-2-8-27(31)28-9-3-6-12-32(28)39/h2-22H,1H3. The largest absolute Gasteiger partial charge is 0.309 e. The molecule has 0 unspecified atom stereocenters. The van der Waals surface area contributed by atoms with Crippen LogP contribution in [0, 0.1) is 6.92 Å². The molecule has 8 aromatic rings. The molecule has 0 amide bonds. The quantitative estimate of drug-likeness (QED) is 0.243. The van der Waals surface area contributed by atoms with Gasteiger partial charge in [0.1, 0.15) is 0 Å². The van der Waals surface area contributed by atoms with E-state index in [2.05, 4.69) is 134 Å². The van der Waals surface area contributed by atoms with Crippen LogP contribution in [-0.4, -0.2) is 19.1 Å². The molecule has 0 atom stereocenters. The Morgan fingerprint density at radius 2 is 0.949 bits per heavy atom. The number of fused-ring (bicyclic) bond motifs is 6. The minimum Gasteiger partial charge on any atom is -0.309 e. The van der Waals surface area contributed by atoms with Crippen molar-refractivity contribution in [3.63, 3.8) is 0 Å². The second kappa shape index (κ2) is 8.40. The Bertz CT molecular complexity index is 2130. The minimum absolute atomic E-state index is 0.919. The summed E-state index contributed by atoms with van der Waals surface area (Å²) in [6.45, 7) is 2.00. The van der Waals surface area contributed by atoms with E-state index in [-0.39, 0.29) is 0 Å². The van der Waals surface area contributed by atoms with E-state index in [1.807, 2.05) is 6.92 Å².